The summed E-state index contributed by atoms with van der Waals surface area (Å²) in [6, 6.07) is 13.7. The maximum absolute atomic E-state index is 13.6. The molecule has 3 aromatic rings. The highest BCUT2D eigenvalue weighted by Crippen LogP contribution is 2.48. The van der Waals surface area contributed by atoms with E-state index in [4.69, 9.17) is 8.83 Å². The number of urea groups is 1. The third kappa shape index (κ3) is 3.60. The van der Waals surface area contributed by atoms with Gasteiger partial charge in [-0.25, -0.2) is 4.79 Å². The van der Waals surface area contributed by atoms with Crippen molar-refractivity contribution in [2.45, 2.75) is 39.3 Å². The average molecular weight is 431 g/mol. The van der Waals surface area contributed by atoms with E-state index in [2.05, 4.69) is 24.5 Å². The number of ketones is 1. The lowest BCUT2D eigenvalue weighted by molar-refractivity contribution is -0.118. The van der Waals surface area contributed by atoms with Crippen LogP contribution in [0, 0.1) is 5.41 Å². The molecule has 5 rings (SSSR count). The number of carbonyl (C=O) groups is 2. The highest BCUT2D eigenvalue weighted by Gasteiger charge is 2.44. The highest BCUT2D eigenvalue weighted by atomic mass is 16.3. The minimum Gasteiger partial charge on any atom is -0.467 e. The van der Waals surface area contributed by atoms with E-state index in [1.165, 1.54) is 0 Å². The zero-order chi connectivity index (χ0) is 22.3. The number of carbonyl (C=O) groups excluding carboxylic acids is 2. The number of amides is 2. The van der Waals surface area contributed by atoms with E-state index in [9.17, 15) is 9.59 Å². The number of hydrogen-bond donors (Lipinski definition) is 2. The second-order valence-electron chi connectivity index (χ2n) is 9.00. The molecule has 1 aromatic carbocycles. The zero-order valence-corrected chi connectivity index (χ0v) is 18.1. The number of anilines is 2. The Morgan fingerprint density at radius 2 is 1.88 bits per heavy atom. The van der Waals surface area contributed by atoms with Crippen molar-refractivity contribution < 1.29 is 18.4 Å². The molecule has 164 valence electrons. The van der Waals surface area contributed by atoms with E-state index in [-0.39, 0.29) is 23.8 Å². The summed E-state index contributed by atoms with van der Waals surface area (Å²) in [6.45, 7) is 4.40. The van der Waals surface area contributed by atoms with Crippen LogP contribution in [0.3, 0.4) is 0 Å². The van der Waals surface area contributed by atoms with Crippen molar-refractivity contribution in [2.24, 2.45) is 5.41 Å². The number of allylic oxidation sites excluding steroid dienone is 1. The fourth-order valence-electron chi connectivity index (χ4n) is 4.59. The van der Waals surface area contributed by atoms with Gasteiger partial charge in [-0.15, -0.1) is 0 Å². The number of rotatable bonds is 3. The number of para-hydroxylation sites is 2. The number of furan rings is 2. The first-order chi connectivity index (χ1) is 15.4. The van der Waals surface area contributed by atoms with Crippen LogP contribution in [0.2, 0.25) is 0 Å². The van der Waals surface area contributed by atoms with Crippen LogP contribution in [0.1, 0.15) is 44.3 Å². The van der Waals surface area contributed by atoms with Crippen LogP contribution in [-0.4, -0.2) is 11.8 Å². The number of Topliss-reactive ketones (excluding diaryl/α,β-unsaturated/α-hetero) is 1. The fourth-order valence-corrected chi connectivity index (χ4v) is 4.59. The smallest absolute Gasteiger partial charge is 0.323 e. The lowest BCUT2D eigenvalue weighted by Gasteiger charge is -2.36. The Bertz CT molecular complexity index is 1180. The van der Waals surface area contributed by atoms with Gasteiger partial charge in [0.05, 0.1) is 30.4 Å². The molecule has 0 spiro atoms. The largest absolute Gasteiger partial charge is 0.467 e. The van der Waals surface area contributed by atoms with Crippen LogP contribution in [0.25, 0.3) is 0 Å². The molecule has 2 amide bonds. The van der Waals surface area contributed by atoms with Crippen LogP contribution >= 0.6 is 0 Å². The third-order valence-corrected chi connectivity index (χ3v) is 5.93. The maximum Gasteiger partial charge on any atom is 0.323 e. The average Bonchev–Trinajstić information content (AvgIpc) is 3.43. The molecule has 1 atom stereocenters. The minimum atomic E-state index is -0.684. The van der Waals surface area contributed by atoms with E-state index >= 15 is 0 Å². The lowest BCUT2D eigenvalue weighted by Crippen LogP contribution is -2.44. The van der Waals surface area contributed by atoms with Gasteiger partial charge in [-0.3, -0.25) is 9.69 Å². The van der Waals surface area contributed by atoms with Crippen LogP contribution < -0.4 is 15.5 Å². The normalized spacial score (nSPS) is 19.6. The van der Waals surface area contributed by atoms with Gasteiger partial charge in [0.2, 0.25) is 0 Å². The van der Waals surface area contributed by atoms with Gasteiger partial charge < -0.3 is 19.5 Å². The quantitative estimate of drug-likeness (QED) is 0.580. The SMILES string of the molecule is CC1(C)CC(=O)C2=C(C1)Nc1ccccc1N(C(=O)NCc1ccco1)[C@@H]2c1ccco1. The summed E-state index contributed by atoms with van der Waals surface area (Å²) in [6.07, 6.45) is 4.23. The summed E-state index contributed by atoms with van der Waals surface area (Å²) in [5, 5.41) is 6.40. The molecule has 2 N–H and O–H groups in total. The molecule has 0 bridgehead atoms. The molecular weight excluding hydrogens is 406 g/mol. The topological polar surface area (TPSA) is 87.7 Å². The number of fused-ring (bicyclic) bond motifs is 1. The van der Waals surface area contributed by atoms with E-state index in [1.807, 2.05) is 30.3 Å². The Labute approximate surface area is 186 Å². The standard InChI is InChI=1S/C25H25N3O4/c1-25(2)13-18-22(20(29)14-25)23(21-10-6-12-32-21)28(19-9-4-3-8-17(19)27-18)24(30)26-15-16-7-5-11-31-16/h3-12,23,27H,13-15H2,1-2H3,(H,26,30)/t23-/m1/s1. The summed E-state index contributed by atoms with van der Waals surface area (Å²) >= 11 is 0. The zero-order valence-electron chi connectivity index (χ0n) is 18.1. The van der Waals surface area contributed by atoms with Crippen molar-refractivity contribution in [1.29, 1.82) is 0 Å². The minimum absolute atomic E-state index is 0.0155. The summed E-state index contributed by atoms with van der Waals surface area (Å²) in [5.41, 5.74) is 2.67. The number of nitrogens with zero attached hydrogens (tertiary/aromatic N) is 1. The van der Waals surface area contributed by atoms with Gasteiger partial charge in [0.25, 0.3) is 0 Å². The first-order valence-electron chi connectivity index (χ1n) is 10.7. The van der Waals surface area contributed by atoms with Crippen molar-refractivity contribution in [2.75, 3.05) is 10.2 Å². The van der Waals surface area contributed by atoms with E-state index in [1.54, 1.807) is 35.6 Å². The molecule has 0 saturated heterocycles. The number of benzene rings is 1. The van der Waals surface area contributed by atoms with Gasteiger partial charge in [-0.1, -0.05) is 26.0 Å². The van der Waals surface area contributed by atoms with Gasteiger partial charge in [0.15, 0.2) is 5.78 Å². The van der Waals surface area contributed by atoms with Gasteiger partial charge in [0, 0.05) is 17.7 Å². The van der Waals surface area contributed by atoms with Gasteiger partial charge in [0.1, 0.15) is 17.6 Å². The van der Waals surface area contributed by atoms with Crippen molar-refractivity contribution in [1.82, 2.24) is 5.32 Å². The van der Waals surface area contributed by atoms with Gasteiger partial charge >= 0.3 is 6.03 Å². The van der Waals surface area contributed by atoms with E-state index < -0.39 is 6.04 Å². The molecule has 32 heavy (non-hydrogen) atoms. The van der Waals surface area contributed by atoms with Crippen LogP contribution in [0.4, 0.5) is 16.2 Å². The lowest BCUT2D eigenvalue weighted by atomic mass is 9.74. The van der Waals surface area contributed by atoms with Crippen molar-refractivity contribution >= 4 is 23.2 Å². The summed E-state index contributed by atoms with van der Waals surface area (Å²) in [4.78, 5) is 28.7. The van der Waals surface area contributed by atoms with Gasteiger partial charge in [-0.2, -0.15) is 0 Å². The molecule has 0 saturated carbocycles. The van der Waals surface area contributed by atoms with Gasteiger partial charge in [-0.05, 0) is 48.2 Å². The molecule has 7 heteroatoms. The first kappa shape index (κ1) is 20.2. The molecule has 2 aromatic heterocycles. The van der Waals surface area contributed by atoms with Crippen LogP contribution in [-0.2, 0) is 11.3 Å². The molecule has 2 aliphatic rings. The highest BCUT2D eigenvalue weighted by molar-refractivity contribution is 6.05. The molecule has 1 aliphatic carbocycles. The summed E-state index contributed by atoms with van der Waals surface area (Å²) in [5.74, 6) is 1.20. The molecule has 0 unspecified atom stereocenters. The molecule has 0 radical (unpaired) electrons. The third-order valence-electron chi connectivity index (χ3n) is 5.93. The van der Waals surface area contributed by atoms with E-state index in [0.717, 1.165) is 11.4 Å². The monoisotopic (exact) mass is 431 g/mol. The van der Waals surface area contributed by atoms with Crippen molar-refractivity contribution in [3.63, 3.8) is 0 Å². The first-order valence-corrected chi connectivity index (χ1v) is 10.7. The predicted molar refractivity (Wildman–Crippen MR) is 120 cm³/mol. The predicted octanol–water partition coefficient (Wildman–Crippen LogP) is 5.40. The molecule has 1 aliphatic heterocycles. The van der Waals surface area contributed by atoms with E-state index in [0.29, 0.717) is 35.6 Å². The van der Waals surface area contributed by atoms with Crippen molar-refractivity contribution in [3.8, 4) is 0 Å². The Morgan fingerprint density at radius 1 is 1.09 bits per heavy atom. The van der Waals surface area contributed by atoms with Crippen LogP contribution in [0.15, 0.2) is 81.2 Å². The maximum atomic E-state index is 13.6. The molecule has 0 fully saturated rings. The number of hydrogen-bond acceptors (Lipinski definition) is 5. The Morgan fingerprint density at radius 3 is 2.62 bits per heavy atom. The Balaban J connectivity index is 1.64. The Kier molecular flexibility index (Phi) is 4.89. The number of nitrogens with one attached hydrogen (secondary N) is 2. The second-order valence-corrected chi connectivity index (χ2v) is 9.00. The Hall–Kier alpha value is -3.74. The fraction of sp³-hybridized carbons (Fsp3) is 0.280. The van der Waals surface area contributed by atoms with Crippen LogP contribution in [0.5, 0.6) is 0 Å². The summed E-state index contributed by atoms with van der Waals surface area (Å²) in [7, 11) is 0. The molecular formula is C25H25N3O4. The summed E-state index contributed by atoms with van der Waals surface area (Å²) < 4.78 is 11.1. The van der Waals surface area contributed by atoms with Crippen molar-refractivity contribution in [3.05, 3.63) is 83.8 Å². The second kappa shape index (κ2) is 7.75. The molecule has 7 nitrogen and oxygen atoms in total. The molecule has 3 heterocycles.